The second-order valence-electron chi connectivity index (χ2n) is 25.4. The third-order valence-electron chi connectivity index (χ3n) is 23.0. The lowest BCUT2D eigenvalue weighted by atomic mass is 9.61. The van der Waals surface area contributed by atoms with Crippen LogP contribution < -0.4 is 10.6 Å². The minimum absolute atomic E-state index is 0.606. The first-order valence-corrected chi connectivity index (χ1v) is 29.6. The summed E-state index contributed by atoms with van der Waals surface area (Å²) in [6, 6.07) is 4.47. The number of hydrogen-bond donors (Lipinski definition) is 2. The van der Waals surface area contributed by atoms with Gasteiger partial charge in [0.25, 0.3) is 0 Å². The Bertz CT molecular complexity index is 1390. The maximum atomic E-state index is 4.40. The van der Waals surface area contributed by atoms with Gasteiger partial charge in [0.15, 0.2) is 0 Å². The number of hydrogen-bond acceptors (Lipinski definition) is 4. The maximum absolute atomic E-state index is 4.40. The predicted octanol–water partition coefficient (Wildman–Crippen LogP) is 13.9. The van der Waals surface area contributed by atoms with Crippen LogP contribution in [0.4, 0.5) is 0 Å². The van der Waals surface area contributed by atoms with Crippen molar-refractivity contribution in [2.24, 2.45) is 76.9 Å². The Morgan fingerprint density at radius 3 is 1.58 bits per heavy atom. The quantitative estimate of drug-likeness (QED) is 0.279. The number of nitrogens with zero attached hydrogens (tertiary/aromatic N) is 1. The molecule has 3 heterocycles. The molecule has 0 aromatic rings. The Morgan fingerprint density at radius 1 is 0.317 bits per heavy atom. The molecule has 338 valence electrons. The van der Waals surface area contributed by atoms with E-state index in [1.165, 1.54) is 96.3 Å². The summed E-state index contributed by atoms with van der Waals surface area (Å²) in [5, 5.41) is 10.8. The zero-order valence-electron chi connectivity index (χ0n) is 38.7. The summed E-state index contributed by atoms with van der Waals surface area (Å²) in [6.07, 6.45) is 54.7. The summed E-state index contributed by atoms with van der Waals surface area (Å²) in [5.41, 5.74) is 0. The van der Waals surface area contributed by atoms with Crippen molar-refractivity contribution in [2.75, 3.05) is 0 Å². The first-order valence-electron chi connectivity index (χ1n) is 28.7. The molecule has 12 rings (SSSR count). The Labute approximate surface area is 374 Å². The van der Waals surface area contributed by atoms with Crippen LogP contribution in [0.1, 0.15) is 225 Å². The average Bonchev–Trinajstić information content (AvgIpc) is 3.87. The molecule has 14 atom stereocenters. The van der Waals surface area contributed by atoms with E-state index in [2.05, 4.69) is 27.3 Å². The number of nitrogens with one attached hydrogen (secondary N) is 2. The highest BCUT2D eigenvalue weighted by atomic mass is 32.2. The van der Waals surface area contributed by atoms with Gasteiger partial charge in [-0.15, -0.1) is 0 Å². The third kappa shape index (κ3) is 8.12. The molecule has 4 heteroatoms. The fourth-order valence-corrected chi connectivity index (χ4v) is 22.2. The predicted molar refractivity (Wildman–Crippen MR) is 253 cm³/mol. The van der Waals surface area contributed by atoms with Crippen molar-refractivity contribution in [3.8, 4) is 0 Å². The molecule has 3 aliphatic heterocycles. The fourth-order valence-electron chi connectivity index (χ4n) is 20.1. The van der Waals surface area contributed by atoms with E-state index in [0.717, 1.165) is 118 Å². The van der Waals surface area contributed by atoms with Gasteiger partial charge in [0.2, 0.25) is 0 Å². The van der Waals surface area contributed by atoms with Gasteiger partial charge < -0.3 is 0 Å². The Kier molecular flexibility index (Phi) is 12.8. The summed E-state index contributed by atoms with van der Waals surface area (Å²) in [7, 11) is 0. The van der Waals surface area contributed by atoms with Crippen LogP contribution >= 0.6 is 11.8 Å². The summed E-state index contributed by atoms with van der Waals surface area (Å²) < 4.78 is 0. The molecule has 0 bridgehead atoms. The first kappa shape index (κ1) is 41.6. The number of thioether (sulfide) groups is 1. The molecule has 2 N–H and O–H groups in total. The van der Waals surface area contributed by atoms with Gasteiger partial charge in [0.05, 0.1) is 6.17 Å². The van der Waals surface area contributed by atoms with E-state index in [0.29, 0.717) is 6.17 Å². The molecule has 14 unspecified atom stereocenters. The normalized spacial score (nSPS) is 53.0. The van der Waals surface area contributed by atoms with Crippen molar-refractivity contribution in [1.29, 1.82) is 0 Å². The first-order chi connectivity index (χ1) is 29.7. The summed E-state index contributed by atoms with van der Waals surface area (Å²) in [4.78, 5) is 3.34. The highest BCUT2D eigenvalue weighted by Gasteiger charge is 2.55. The average molecular weight is 840 g/mol. The van der Waals surface area contributed by atoms with E-state index in [-0.39, 0.29) is 0 Å². The Morgan fingerprint density at radius 2 is 0.833 bits per heavy atom. The van der Waals surface area contributed by atoms with Gasteiger partial charge in [-0.25, -0.2) is 0 Å². The highest BCUT2D eigenvalue weighted by Crippen LogP contribution is 2.59. The molecule has 0 amide bonds. The number of rotatable bonds is 6. The van der Waals surface area contributed by atoms with E-state index >= 15 is 0 Å². The molecule has 0 spiro atoms. The van der Waals surface area contributed by atoms with E-state index in [1.54, 1.807) is 128 Å². The minimum Gasteiger partial charge on any atom is -0.299 e. The molecule has 60 heavy (non-hydrogen) atoms. The van der Waals surface area contributed by atoms with Crippen LogP contribution in [0, 0.1) is 76.9 Å². The van der Waals surface area contributed by atoms with E-state index < -0.39 is 0 Å². The lowest BCUT2D eigenvalue weighted by Gasteiger charge is -2.52. The molecular weight excluding hydrogens is 747 g/mol. The topological polar surface area (TPSA) is 27.3 Å². The maximum Gasteiger partial charge on any atom is 0.0605 e. The van der Waals surface area contributed by atoms with Gasteiger partial charge in [-0.2, -0.15) is 11.8 Å². The summed E-state index contributed by atoms with van der Waals surface area (Å²) >= 11 is 2.48. The lowest BCUT2D eigenvalue weighted by Crippen LogP contribution is -2.68. The van der Waals surface area contributed by atoms with Gasteiger partial charge in [0, 0.05) is 40.7 Å². The van der Waals surface area contributed by atoms with E-state index in [1.807, 2.05) is 0 Å². The zero-order chi connectivity index (χ0) is 39.6. The molecule has 12 aliphatic rings. The Hall–Kier alpha value is 0.230. The van der Waals surface area contributed by atoms with Crippen molar-refractivity contribution in [3.63, 3.8) is 0 Å². The zero-order valence-corrected chi connectivity index (χ0v) is 39.5. The van der Waals surface area contributed by atoms with Crippen molar-refractivity contribution in [3.05, 3.63) is 0 Å². The molecule has 9 saturated carbocycles. The number of fused-ring (bicyclic) bond motifs is 7. The summed E-state index contributed by atoms with van der Waals surface area (Å²) in [5.74, 6) is 13.5. The summed E-state index contributed by atoms with van der Waals surface area (Å²) in [6.45, 7) is 0. The SMILES string of the molecule is C1CCC(C2NC(C3CCC(C4CCC(N5C6CCCCC6C6CC(C7CCC(C8CCC9SC%10CCCCC%10C9C8)CC7)CCC65)CC4)CC3)NC3CCCCC32)CC1. The van der Waals surface area contributed by atoms with Gasteiger partial charge in [-0.1, -0.05) is 57.8 Å². The molecule has 12 fully saturated rings. The van der Waals surface area contributed by atoms with E-state index in [4.69, 9.17) is 0 Å². The molecule has 0 radical (unpaired) electrons. The van der Waals surface area contributed by atoms with Crippen molar-refractivity contribution in [2.45, 2.75) is 272 Å². The van der Waals surface area contributed by atoms with Crippen LogP contribution in [-0.2, 0) is 0 Å². The van der Waals surface area contributed by atoms with Crippen LogP contribution in [-0.4, -0.2) is 51.8 Å². The van der Waals surface area contributed by atoms with Crippen LogP contribution in [0.2, 0.25) is 0 Å². The lowest BCUT2D eigenvalue weighted by molar-refractivity contribution is 0.0221. The fraction of sp³-hybridized carbons (Fsp3) is 1.00. The van der Waals surface area contributed by atoms with Crippen LogP contribution in [0.25, 0.3) is 0 Å². The number of likely N-dealkylation sites (tertiary alicyclic amines) is 1. The van der Waals surface area contributed by atoms with Gasteiger partial charge >= 0.3 is 0 Å². The molecule has 3 nitrogen and oxygen atoms in total. The van der Waals surface area contributed by atoms with Crippen molar-refractivity contribution >= 4 is 11.8 Å². The second kappa shape index (κ2) is 18.5. The third-order valence-corrected chi connectivity index (χ3v) is 24.9. The van der Waals surface area contributed by atoms with Crippen LogP contribution in [0.5, 0.6) is 0 Å². The molecule has 3 saturated heterocycles. The molecule has 0 aromatic carbocycles. The van der Waals surface area contributed by atoms with Gasteiger partial charge in [0.1, 0.15) is 0 Å². The molecule has 9 aliphatic carbocycles. The van der Waals surface area contributed by atoms with Crippen LogP contribution in [0.3, 0.4) is 0 Å². The smallest absolute Gasteiger partial charge is 0.0605 e. The van der Waals surface area contributed by atoms with E-state index in [9.17, 15) is 0 Å². The minimum atomic E-state index is 0.606. The Balaban J connectivity index is 0.623. The molecular formula is C56H93N3S. The molecule has 0 aromatic heterocycles. The standard InChI is InChI=1S/C56H93N3S/c1-2-10-40(11-3-1)55-47-14-4-7-15-50(47)57-56(58-55)41-24-22-36(23-25-41)37-26-30-44(31-27-37)59-51-16-8-5-12-45(51)48-34-42(28-32-52(48)59)38-18-20-39(21-19-38)43-29-33-54-49(35-43)46-13-6-9-17-53(46)60-54/h36-58H,1-35H2. The van der Waals surface area contributed by atoms with Crippen molar-refractivity contribution in [1.82, 2.24) is 15.5 Å². The van der Waals surface area contributed by atoms with Gasteiger partial charge in [-0.05, 0) is 244 Å². The van der Waals surface area contributed by atoms with Gasteiger partial charge in [-0.3, -0.25) is 15.5 Å². The van der Waals surface area contributed by atoms with Crippen LogP contribution in [0.15, 0.2) is 0 Å². The monoisotopic (exact) mass is 840 g/mol. The highest BCUT2D eigenvalue weighted by molar-refractivity contribution is 8.00. The second-order valence-corrected chi connectivity index (χ2v) is 26.9. The van der Waals surface area contributed by atoms with Crippen molar-refractivity contribution < 1.29 is 0 Å². The largest absolute Gasteiger partial charge is 0.299 e.